The zero-order valence-corrected chi connectivity index (χ0v) is 26.9. The second-order valence-electron chi connectivity index (χ2n) is 13.1. The molecule has 1 N–H and O–H groups in total. The van der Waals surface area contributed by atoms with E-state index in [1.54, 1.807) is 11.3 Å². The molecule has 1 amide bonds. The van der Waals surface area contributed by atoms with Gasteiger partial charge in [-0.1, -0.05) is 45.7 Å². The molecule has 1 saturated carbocycles. The molecule has 0 radical (unpaired) electrons. The van der Waals surface area contributed by atoms with Gasteiger partial charge in [-0.15, -0.1) is 11.3 Å². The molecule has 1 aliphatic rings. The van der Waals surface area contributed by atoms with Crippen molar-refractivity contribution in [3.8, 4) is 10.4 Å². The highest BCUT2D eigenvalue weighted by molar-refractivity contribution is 7.13. The third-order valence-corrected chi connectivity index (χ3v) is 13.3. The summed E-state index contributed by atoms with van der Waals surface area (Å²) in [6, 6.07) is 7.12. The fourth-order valence-electron chi connectivity index (χ4n) is 4.68. The van der Waals surface area contributed by atoms with Gasteiger partial charge in [0.25, 0.3) is 0 Å². The van der Waals surface area contributed by atoms with Crippen molar-refractivity contribution in [1.82, 2.24) is 10.3 Å². The van der Waals surface area contributed by atoms with Gasteiger partial charge in [-0.05, 0) is 82.3 Å². The average molecular weight is 560 g/mol. The van der Waals surface area contributed by atoms with E-state index in [2.05, 4.69) is 74.2 Å². The minimum absolute atomic E-state index is 0.208. The lowest BCUT2D eigenvalue weighted by Gasteiger charge is -2.37. The van der Waals surface area contributed by atoms with E-state index in [1.807, 2.05) is 26.3 Å². The van der Waals surface area contributed by atoms with Crippen molar-refractivity contribution < 1.29 is 14.0 Å². The van der Waals surface area contributed by atoms with Gasteiger partial charge >= 0.3 is 6.09 Å². The Kier molecular flexibility index (Phi) is 10.1. The summed E-state index contributed by atoms with van der Waals surface area (Å²) in [5, 5.41) is 3.20. The largest absolute Gasteiger partial charge is 0.444 e. The molecular weight excluding hydrogens is 511 g/mol. The normalized spacial score (nSPS) is 15.1. The number of nitrogens with zero attached hydrogens (tertiary/aromatic N) is 2. The molecule has 1 heterocycles. The number of rotatable bonds is 10. The van der Waals surface area contributed by atoms with Gasteiger partial charge in [-0.25, -0.2) is 9.78 Å². The number of ether oxygens (including phenoxy) is 1. The summed E-state index contributed by atoms with van der Waals surface area (Å²) in [5.74, 6) is 0. The van der Waals surface area contributed by atoms with Gasteiger partial charge in [0, 0.05) is 31.4 Å². The minimum Gasteiger partial charge on any atom is -0.444 e. The van der Waals surface area contributed by atoms with Crippen LogP contribution in [-0.2, 0) is 15.7 Å². The Balaban J connectivity index is 1.87. The first-order valence-corrected chi connectivity index (χ1v) is 17.9. The van der Waals surface area contributed by atoms with Crippen LogP contribution in [0.3, 0.4) is 0 Å². The molecule has 0 bridgehead atoms. The van der Waals surface area contributed by atoms with Crippen LogP contribution in [0.25, 0.3) is 10.4 Å². The van der Waals surface area contributed by atoms with E-state index in [4.69, 9.17) is 9.16 Å². The Bertz CT molecular complexity index is 1070. The highest BCUT2D eigenvalue weighted by atomic mass is 32.1. The minimum atomic E-state index is -1.78. The van der Waals surface area contributed by atoms with Gasteiger partial charge in [0.15, 0.2) is 8.32 Å². The van der Waals surface area contributed by atoms with Gasteiger partial charge < -0.3 is 19.4 Å². The predicted molar refractivity (Wildman–Crippen MR) is 163 cm³/mol. The number of nitrogens with one attached hydrogen (secondary N) is 1. The van der Waals surface area contributed by atoms with Crippen LogP contribution in [-0.4, -0.2) is 44.2 Å². The standard InChI is InChI=1S/C30H49N3O3SSi/c1-22-27(37-21-32-22)23-15-16-24(20-31-28(34)36-29(2,3)4)26(19-23)33(25-13-10-11-14-25)17-12-18-35-38(8,9)30(5,6)7/h15-16,19,21,25H,10-14,17-18,20H2,1-9H3,(H,31,34). The third kappa shape index (κ3) is 8.30. The molecule has 2 aromatic rings. The molecule has 0 spiro atoms. The van der Waals surface area contributed by atoms with Gasteiger partial charge in [0.1, 0.15) is 5.60 Å². The summed E-state index contributed by atoms with van der Waals surface area (Å²) in [6.45, 7) is 21.4. The van der Waals surface area contributed by atoms with E-state index in [0.29, 0.717) is 12.6 Å². The summed E-state index contributed by atoms with van der Waals surface area (Å²) < 4.78 is 12.0. The molecule has 0 unspecified atom stereocenters. The van der Waals surface area contributed by atoms with Crippen LogP contribution in [0.15, 0.2) is 23.7 Å². The Hall–Kier alpha value is -1.90. The van der Waals surface area contributed by atoms with E-state index in [0.717, 1.165) is 30.8 Å². The molecule has 3 rings (SSSR count). The van der Waals surface area contributed by atoms with Gasteiger partial charge in [-0.2, -0.15) is 0 Å². The molecule has 1 aromatic carbocycles. The van der Waals surface area contributed by atoms with Crippen molar-refractivity contribution in [3.05, 3.63) is 35.0 Å². The zero-order chi connectivity index (χ0) is 28.1. The van der Waals surface area contributed by atoms with Crippen LogP contribution in [0.4, 0.5) is 10.5 Å². The number of carbonyl (C=O) groups excluding carboxylic acids is 1. The average Bonchev–Trinajstić information content (AvgIpc) is 3.48. The smallest absolute Gasteiger partial charge is 0.407 e. The Labute approximate surface area is 235 Å². The third-order valence-electron chi connectivity index (χ3n) is 7.80. The van der Waals surface area contributed by atoms with E-state index < -0.39 is 13.9 Å². The molecule has 38 heavy (non-hydrogen) atoms. The topological polar surface area (TPSA) is 63.7 Å². The fourth-order valence-corrected chi connectivity index (χ4v) is 6.57. The van der Waals surface area contributed by atoms with Crippen LogP contribution in [0, 0.1) is 6.92 Å². The lowest BCUT2D eigenvalue weighted by Crippen LogP contribution is -2.42. The zero-order valence-electron chi connectivity index (χ0n) is 25.1. The van der Waals surface area contributed by atoms with Crippen molar-refractivity contribution in [1.29, 1.82) is 0 Å². The molecule has 0 atom stereocenters. The lowest BCUT2D eigenvalue weighted by molar-refractivity contribution is 0.0523. The van der Waals surface area contributed by atoms with Crippen molar-refractivity contribution >= 4 is 31.4 Å². The van der Waals surface area contributed by atoms with Crippen molar-refractivity contribution in [2.45, 2.75) is 117 Å². The second-order valence-corrected chi connectivity index (χ2v) is 18.7. The fraction of sp³-hybridized carbons (Fsp3) is 0.667. The molecule has 1 fully saturated rings. The van der Waals surface area contributed by atoms with Gasteiger partial charge in [-0.3, -0.25) is 0 Å². The summed E-state index contributed by atoms with van der Waals surface area (Å²) in [4.78, 5) is 20.8. The molecule has 1 aromatic heterocycles. The molecular formula is C30H49N3O3SSi. The number of alkyl carbamates (subject to hydrolysis) is 1. The predicted octanol–water partition coefficient (Wildman–Crippen LogP) is 8.30. The number of aromatic nitrogens is 1. The number of hydrogen-bond acceptors (Lipinski definition) is 6. The maximum Gasteiger partial charge on any atom is 0.407 e. The molecule has 0 aliphatic heterocycles. The SMILES string of the molecule is Cc1ncsc1-c1ccc(CNC(=O)OC(C)(C)C)c(N(CCCO[Si](C)(C)C(C)(C)C)C2CCCC2)c1. The molecule has 6 nitrogen and oxygen atoms in total. The first-order chi connectivity index (χ1) is 17.7. The number of carbonyl (C=O) groups is 1. The first-order valence-electron chi connectivity index (χ1n) is 14.1. The summed E-state index contributed by atoms with van der Waals surface area (Å²) >= 11 is 1.68. The Morgan fingerprint density at radius 2 is 1.84 bits per heavy atom. The van der Waals surface area contributed by atoms with Crippen LogP contribution in [0.1, 0.15) is 84.9 Å². The van der Waals surface area contributed by atoms with E-state index >= 15 is 0 Å². The van der Waals surface area contributed by atoms with Crippen LogP contribution in [0.5, 0.6) is 0 Å². The monoisotopic (exact) mass is 559 g/mol. The van der Waals surface area contributed by atoms with Crippen LogP contribution in [0.2, 0.25) is 18.1 Å². The van der Waals surface area contributed by atoms with Crippen LogP contribution < -0.4 is 10.2 Å². The molecule has 0 saturated heterocycles. The maximum atomic E-state index is 12.5. The summed E-state index contributed by atoms with van der Waals surface area (Å²) in [7, 11) is -1.78. The van der Waals surface area contributed by atoms with Crippen molar-refractivity contribution in [3.63, 3.8) is 0 Å². The lowest BCUT2D eigenvalue weighted by atomic mass is 10.0. The highest BCUT2D eigenvalue weighted by Crippen LogP contribution is 2.38. The number of amides is 1. The highest BCUT2D eigenvalue weighted by Gasteiger charge is 2.37. The molecule has 8 heteroatoms. The van der Waals surface area contributed by atoms with E-state index in [9.17, 15) is 4.79 Å². The van der Waals surface area contributed by atoms with Crippen molar-refractivity contribution in [2.75, 3.05) is 18.1 Å². The molecule has 1 aliphatic carbocycles. The first kappa shape index (κ1) is 30.6. The number of anilines is 1. The Morgan fingerprint density at radius 3 is 2.42 bits per heavy atom. The van der Waals surface area contributed by atoms with Gasteiger partial charge in [0.2, 0.25) is 0 Å². The maximum absolute atomic E-state index is 12.5. The molecule has 212 valence electrons. The van der Waals surface area contributed by atoms with E-state index in [1.165, 1.54) is 41.8 Å². The quantitative estimate of drug-likeness (QED) is 0.234. The van der Waals surface area contributed by atoms with E-state index in [-0.39, 0.29) is 11.1 Å². The number of hydrogen-bond donors (Lipinski definition) is 1. The van der Waals surface area contributed by atoms with Crippen LogP contribution >= 0.6 is 11.3 Å². The van der Waals surface area contributed by atoms with Crippen molar-refractivity contribution in [2.24, 2.45) is 0 Å². The Morgan fingerprint density at radius 1 is 1.16 bits per heavy atom. The number of thiazole rings is 1. The summed E-state index contributed by atoms with van der Waals surface area (Å²) in [6.07, 6.45) is 5.52. The summed E-state index contributed by atoms with van der Waals surface area (Å²) in [5.41, 5.74) is 5.93. The second kappa shape index (κ2) is 12.5. The number of aryl methyl sites for hydroxylation is 1. The number of benzene rings is 1. The van der Waals surface area contributed by atoms with Gasteiger partial charge in [0.05, 0.1) is 16.1 Å².